The SMILES string of the molecule is CSc1ccc(NC(=O)NC2CCC(Nc3nc(N(C)C)c4ccccc4n3)CC2)cc1. The van der Waals surface area contributed by atoms with Crippen molar-refractivity contribution in [2.45, 2.75) is 42.7 Å². The van der Waals surface area contributed by atoms with Crippen molar-refractivity contribution in [1.82, 2.24) is 15.3 Å². The minimum Gasteiger partial charge on any atom is -0.362 e. The Hall–Kier alpha value is -3.00. The van der Waals surface area contributed by atoms with Gasteiger partial charge in [-0.15, -0.1) is 11.8 Å². The molecule has 1 aliphatic rings. The van der Waals surface area contributed by atoms with Crippen LogP contribution < -0.4 is 20.9 Å². The number of thioether (sulfide) groups is 1. The van der Waals surface area contributed by atoms with Crippen LogP contribution >= 0.6 is 11.8 Å². The number of amides is 2. The van der Waals surface area contributed by atoms with Crippen molar-refractivity contribution in [2.75, 3.05) is 35.9 Å². The molecule has 0 radical (unpaired) electrons. The second kappa shape index (κ2) is 10.1. The molecule has 8 heteroatoms. The van der Waals surface area contributed by atoms with Gasteiger partial charge >= 0.3 is 6.03 Å². The molecule has 1 fully saturated rings. The molecule has 7 nitrogen and oxygen atoms in total. The summed E-state index contributed by atoms with van der Waals surface area (Å²) < 4.78 is 0. The highest BCUT2D eigenvalue weighted by atomic mass is 32.2. The predicted octanol–water partition coefficient (Wildman–Crippen LogP) is 4.96. The van der Waals surface area contributed by atoms with Crippen LogP contribution in [-0.4, -0.2) is 48.4 Å². The Morgan fingerprint density at radius 2 is 1.66 bits per heavy atom. The molecule has 0 unspecified atom stereocenters. The maximum absolute atomic E-state index is 12.4. The van der Waals surface area contributed by atoms with E-state index >= 15 is 0 Å². The topological polar surface area (TPSA) is 82.2 Å². The molecule has 0 saturated heterocycles. The van der Waals surface area contributed by atoms with Crippen molar-refractivity contribution >= 4 is 46.1 Å². The molecule has 0 bridgehead atoms. The Balaban J connectivity index is 1.30. The number of benzene rings is 2. The standard InChI is InChI=1S/C24H30N6OS/c1-30(2)22-20-6-4-5-7-21(20)28-23(29-22)25-16-8-10-17(11-9-16)26-24(31)27-18-12-14-19(32-3)15-13-18/h4-7,12-17H,8-11H2,1-3H3,(H,25,28,29)(H2,26,27,31). The summed E-state index contributed by atoms with van der Waals surface area (Å²) in [5, 5.41) is 10.6. The zero-order chi connectivity index (χ0) is 22.5. The highest BCUT2D eigenvalue weighted by molar-refractivity contribution is 7.98. The third-order valence-electron chi connectivity index (χ3n) is 5.75. The van der Waals surface area contributed by atoms with Crippen LogP contribution in [0.4, 0.5) is 22.2 Å². The largest absolute Gasteiger partial charge is 0.362 e. The lowest BCUT2D eigenvalue weighted by Crippen LogP contribution is -2.42. The van der Waals surface area contributed by atoms with Crippen LogP contribution in [0.2, 0.25) is 0 Å². The summed E-state index contributed by atoms with van der Waals surface area (Å²) in [4.78, 5) is 25.0. The van der Waals surface area contributed by atoms with Crippen molar-refractivity contribution < 1.29 is 4.79 Å². The van der Waals surface area contributed by atoms with E-state index in [0.29, 0.717) is 12.0 Å². The van der Waals surface area contributed by atoms with E-state index < -0.39 is 0 Å². The maximum Gasteiger partial charge on any atom is 0.319 e. The molecule has 0 spiro atoms. The van der Waals surface area contributed by atoms with E-state index in [1.165, 1.54) is 4.90 Å². The van der Waals surface area contributed by atoms with Gasteiger partial charge in [-0.2, -0.15) is 4.98 Å². The first-order valence-electron chi connectivity index (χ1n) is 10.9. The smallest absolute Gasteiger partial charge is 0.319 e. The highest BCUT2D eigenvalue weighted by Gasteiger charge is 2.23. The van der Waals surface area contributed by atoms with Crippen LogP contribution in [0.1, 0.15) is 25.7 Å². The number of hydrogen-bond acceptors (Lipinski definition) is 6. The van der Waals surface area contributed by atoms with E-state index in [0.717, 1.165) is 48.1 Å². The Labute approximate surface area is 193 Å². The second-order valence-corrected chi connectivity index (χ2v) is 9.18. The lowest BCUT2D eigenvalue weighted by Gasteiger charge is -2.30. The summed E-state index contributed by atoms with van der Waals surface area (Å²) in [5.74, 6) is 1.57. The first-order valence-corrected chi connectivity index (χ1v) is 12.2. The number of anilines is 3. The Kier molecular flexibility index (Phi) is 6.99. The van der Waals surface area contributed by atoms with Gasteiger partial charge in [0.25, 0.3) is 0 Å². The van der Waals surface area contributed by atoms with E-state index in [4.69, 9.17) is 9.97 Å². The van der Waals surface area contributed by atoms with Crippen molar-refractivity contribution in [2.24, 2.45) is 0 Å². The van der Waals surface area contributed by atoms with Crippen LogP contribution in [0.25, 0.3) is 10.9 Å². The molecule has 3 N–H and O–H groups in total. The molecule has 32 heavy (non-hydrogen) atoms. The normalized spacial score (nSPS) is 18.2. The number of aromatic nitrogens is 2. The number of fused-ring (bicyclic) bond motifs is 1. The fourth-order valence-corrected chi connectivity index (χ4v) is 4.47. The number of para-hydroxylation sites is 1. The average molecular weight is 451 g/mol. The molecule has 2 amide bonds. The van der Waals surface area contributed by atoms with E-state index in [9.17, 15) is 4.79 Å². The van der Waals surface area contributed by atoms with Crippen LogP contribution in [0.15, 0.2) is 53.4 Å². The molecule has 2 aromatic carbocycles. The van der Waals surface area contributed by atoms with Gasteiger partial charge in [-0.3, -0.25) is 0 Å². The van der Waals surface area contributed by atoms with Crippen molar-refractivity contribution in [3.05, 3.63) is 48.5 Å². The van der Waals surface area contributed by atoms with Gasteiger partial charge in [-0.1, -0.05) is 12.1 Å². The maximum atomic E-state index is 12.4. The van der Waals surface area contributed by atoms with Crippen molar-refractivity contribution in [1.29, 1.82) is 0 Å². The number of nitrogens with zero attached hydrogens (tertiary/aromatic N) is 3. The molecule has 1 aromatic heterocycles. The predicted molar refractivity (Wildman–Crippen MR) is 134 cm³/mol. The van der Waals surface area contributed by atoms with Gasteiger partial charge in [0.05, 0.1) is 5.52 Å². The molecular formula is C24H30N6OS. The lowest BCUT2D eigenvalue weighted by molar-refractivity contribution is 0.243. The van der Waals surface area contributed by atoms with Crippen LogP contribution in [0.3, 0.4) is 0 Å². The summed E-state index contributed by atoms with van der Waals surface area (Å²) in [6.45, 7) is 0. The van der Waals surface area contributed by atoms with Gasteiger partial charge in [0.15, 0.2) is 0 Å². The van der Waals surface area contributed by atoms with E-state index in [2.05, 4.69) is 16.0 Å². The van der Waals surface area contributed by atoms with Crippen molar-refractivity contribution in [3.8, 4) is 0 Å². The number of nitrogens with one attached hydrogen (secondary N) is 3. The summed E-state index contributed by atoms with van der Waals surface area (Å²) >= 11 is 1.68. The third-order valence-corrected chi connectivity index (χ3v) is 6.49. The quantitative estimate of drug-likeness (QED) is 0.461. The molecular weight excluding hydrogens is 420 g/mol. The molecule has 1 saturated carbocycles. The lowest BCUT2D eigenvalue weighted by atomic mass is 9.91. The van der Waals surface area contributed by atoms with Crippen LogP contribution in [0, 0.1) is 0 Å². The number of carbonyl (C=O) groups is 1. The summed E-state index contributed by atoms with van der Waals surface area (Å²) in [5.41, 5.74) is 1.74. The zero-order valence-electron chi connectivity index (χ0n) is 18.8. The third kappa shape index (κ3) is 5.43. The van der Waals surface area contributed by atoms with Crippen LogP contribution in [0.5, 0.6) is 0 Å². The Morgan fingerprint density at radius 1 is 0.969 bits per heavy atom. The molecule has 0 aliphatic heterocycles. The Morgan fingerprint density at radius 3 is 2.34 bits per heavy atom. The molecule has 1 heterocycles. The molecule has 168 valence electrons. The first-order chi connectivity index (χ1) is 15.5. The highest BCUT2D eigenvalue weighted by Crippen LogP contribution is 2.26. The number of carbonyl (C=O) groups excluding carboxylic acids is 1. The fraction of sp³-hybridized carbons (Fsp3) is 0.375. The van der Waals surface area contributed by atoms with E-state index in [1.54, 1.807) is 11.8 Å². The minimum absolute atomic E-state index is 0.146. The number of rotatable bonds is 6. The summed E-state index contributed by atoms with van der Waals surface area (Å²) in [6, 6.07) is 16.3. The van der Waals surface area contributed by atoms with Gasteiger partial charge < -0.3 is 20.9 Å². The van der Waals surface area contributed by atoms with Gasteiger partial charge in [0.2, 0.25) is 5.95 Å². The molecule has 3 aromatic rings. The van der Waals surface area contributed by atoms with Gasteiger partial charge in [-0.05, 0) is 68.3 Å². The summed E-state index contributed by atoms with van der Waals surface area (Å²) in [6.07, 6.45) is 5.80. The molecule has 4 rings (SSSR count). The number of urea groups is 1. The summed E-state index contributed by atoms with van der Waals surface area (Å²) in [7, 11) is 4.00. The second-order valence-electron chi connectivity index (χ2n) is 8.30. The first kappa shape index (κ1) is 22.2. The monoisotopic (exact) mass is 450 g/mol. The Bertz CT molecular complexity index is 1060. The zero-order valence-corrected chi connectivity index (χ0v) is 19.6. The van der Waals surface area contributed by atoms with E-state index in [-0.39, 0.29) is 12.1 Å². The van der Waals surface area contributed by atoms with Gasteiger partial charge in [0.1, 0.15) is 5.82 Å². The minimum atomic E-state index is -0.146. The number of hydrogen-bond donors (Lipinski definition) is 3. The molecule has 1 aliphatic carbocycles. The average Bonchev–Trinajstić information content (AvgIpc) is 2.80. The van der Waals surface area contributed by atoms with Crippen LogP contribution in [-0.2, 0) is 0 Å². The van der Waals surface area contributed by atoms with E-state index in [1.807, 2.05) is 73.8 Å². The van der Waals surface area contributed by atoms with Gasteiger partial charge in [-0.25, -0.2) is 9.78 Å². The fourth-order valence-electron chi connectivity index (χ4n) is 4.06. The van der Waals surface area contributed by atoms with Crippen molar-refractivity contribution in [3.63, 3.8) is 0 Å². The molecule has 0 atom stereocenters. The van der Waals surface area contributed by atoms with Gasteiger partial charge in [0, 0.05) is 42.1 Å².